The van der Waals surface area contributed by atoms with Gasteiger partial charge in [-0.2, -0.15) is 5.10 Å². The van der Waals surface area contributed by atoms with Gasteiger partial charge in [-0.3, -0.25) is 14.8 Å². The maximum atomic E-state index is 13.5. The maximum absolute atomic E-state index is 13.5. The maximum Gasteiger partial charge on any atom is 0.273 e. The number of nitrogens with zero attached hydrogens (tertiary/aromatic N) is 3. The molecule has 7 heteroatoms. The largest absolute Gasteiger partial charge is 0.379 e. The molecule has 1 saturated heterocycles. The molecule has 1 unspecified atom stereocenters. The Morgan fingerprint density at radius 2 is 1.76 bits per heavy atom. The molecule has 1 fully saturated rings. The van der Waals surface area contributed by atoms with E-state index in [0.29, 0.717) is 23.2 Å². The van der Waals surface area contributed by atoms with E-state index in [9.17, 15) is 4.79 Å². The first-order chi connectivity index (χ1) is 16.0. The molecule has 0 spiro atoms. The van der Waals surface area contributed by atoms with E-state index >= 15 is 0 Å². The van der Waals surface area contributed by atoms with Gasteiger partial charge in [0.2, 0.25) is 0 Å². The molecule has 1 amide bonds. The number of morpholine rings is 1. The van der Waals surface area contributed by atoms with Crippen LogP contribution in [-0.4, -0.2) is 65.3 Å². The summed E-state index contributed by atoms with van der Waals surface area (Å²) in [6.45, 7) is 9.15. The molecular weight excluding hydrogens is 436 g/mol. The lowest BCUT2D eigenvalue weighted by Crippen LogP contribution is -2.42. The summed E-state index contributed by atoms with van der Waals surface area (Å²) in [5, 5.41) is 8.27. The van der Waals surface area contributed by atoms with Gasteiger partial charge >= 0.3 is 0 Å². The molecule has 6 nitrogen and oxygen atoms in total. The summed E-state index contributed by atoms with van der Waals surface area (Å²) >= 11 is 6.11. The van der Waals surface area contributed by atoms with Crippen molar-refractivity contribution >= 4 is 17.5 Å². The number of carbonyl (C=O) groups is 1. The van der Waals surface area contributed by atoms with Gasteiger partial charge < -0.3 is 9.64 Å². The zero-order valence-corrected chi connectivity index (χ0v) is 19.8. The Kier molecular flexibility index (Phi) is 6.23. The SMILES string of the molecule is CC(C)c1ccc(C2c3c(-c4ccc(Cl)cc4)n[nH]c3C(=O)N2CCN2CCOCC2)cc1. The smallest absolute Gasteiger partial charge is 0.273 e. The van der Waals surface area contributed by atoms with Crippen molar-refractivity contribution in [3.8, 4) is 11.3 Å². The highest BCUT2D eigenvalue weighted by Crippen LogP contribution is 2.43. The second kappa shape index (κ2) is 9.29. The number of aromatic amines is 1. The van der Waals surface area contributed by atoms with E-state index in [0.717, 1.165) is 55.2 Å². The second-order valence-electron chi connectivity index (χ2n) is 9.04. The summed E-state index contributed by atoms with van der Waals surface area (Å²) in [5.74, 6) is 0.458. The zero-order chi connectivity index (χ0) is 22.9. The van der Waals surface area contributed by atoms with Crippen LogP contribution in [0.5, 0.6) is 0 Å². The average molecular weight is 465 g/mol. The number of fused-ring (bicyclic) bond motifs is 1. The topological polar surface area (TPSA) is 61.5 Å². The summed E-state index contributed by atoms with van der Waals surface area (Å²) in [4.78, 5) is 17.9. The molecule has 0 bridgehead atoms. The number of benzene rings is 2. The van der Waals surface area contributed by atoms with Crippen LogP contribution >= 0.6 is 11.6 Å². The number of aromatic nitrogens is 2. The van der Waals surface area contributed by atoms with Gasteiger partial charge in [0.1, 0.15) is 5.69 Å². The van der Waals surface area contributed by atoms with Crippen molar-refractivity contribution in [2.45, 2.75) is 25.8 Å². The van der Waals surface area contributed by atoms with E-state index in [-0.39, 0.29) is 11.9 Å². The number of H-pyrrole nitrogens is 1. The number of carbonyl (C=O) groups excluding carboxylic acids is 1. The quantitative estimate of drug-likeness (QED) is 0.572. The number of nitrogens with one attached hydrogen (secondary N) is 1. The van der Waals surface area contributed by atoms with Crippen LogP contribution in [-0.2, 0) is 4.74 Å². The van der Waals surface area contributed by atoms with Gasteiger partial charge in [0, 0.05) is 42.3 Å². The molecule has 2 aliphatic rings. The molecule has 2 aliphatic heterocycles. The highest BCUT2D eigenvalue weighted by molar-refractivity contribution is 6.30. The normalized spacial score (nSPS) is 18.8. The van der Waals surface area contributed by atoms with Crippen molar-refractivity contribution in [1.29, 1.82) is 0 Å². The van der Waals surface area contributed by atoms with Crippen LogP contribution in [0, 0.1) is 0 Å². The molecule has 0 saturated carbocycles. The minimum atomic E-state index is -0.181. The predicted octanol–water partition coefficient (Wildman–Crippen LogP) is 4.73. The number of hydrogen-bond donors (Lipinski definition) is 1. The number of ether oxygens (including phenoxy) is 1. The number of halogens is 1. The highest BCUT2D eigenvalue weighted by Gasteiger charge is 2.42. The molecule has 3 heterocycles. The predicted molar refractivity (Wildman–Crippen MR) is 130 cm³/mol. The second-order valence-corrected chi connectivity index (χ2v) is 9.48. The lowest BCUT2D eigenvalue weighted by Gasteiger charge is -2.31. The van der Waals surface area contributed by atoms with Crippen molar-refractivity contribution in [3.05, 3.63) is 75.9 Å². The van der Waals surface area contributed by atoms with Gasteiger partial charge in [-0.15, -0.1) is 0 Å². The van der Waals surface area contributed by atoms with Crippen LogP contribution in [0.3, 0.4) is 0 Å². The summed E-state index contributed by atoms with van der Waals surface area (Å²) in [6, 6.07) is 16.1. The molecule has 172 valence electrons. The molecule has 3 aromatic rings. The first-order valence-electron chi connectivity index (χ1n) is 11.6. The monoisotopic (exact) mass is 464 g/mol. The molecule has 1 N–H and O–H groups in total. The number of amides is 1. The molecular formula is C26H29ClN4O2. The van der Waals surface area contributed by atoms with Crippen LogP contribution < -0.4 is 0 Å². The van der Waals surface area contributed by atoms with Gasteiger partial charge in [0.25, 0.3) is 5.91 Å². The van der Waals surface area contributed by atoms with Gasteiger partial charge in [-0.25, -0.2) is 0 Å². The lowest BCUT2D eigenvalue weighted by molar-refractivity contribution is 0.0316. The fourth-order valence-corrected chi connectivity index (χ4v) is 4.86. The standard InChI is InChI=1S/C26H29ClN4O2/c1-17(2)18-3-5-20(6-4-18)25-22-23(19-7-9-21(27)10-8-19)28-29-24(22)26(32)31(25)12-11-30-13-15-33-16-14-30/h3-10,17,25H,11-16H2,1-2H3,(H,28,29). The molecule has 5 rings (SSSR count). The summed E-state index contributed by atoms with van der Waals surface area (Å²) < 4.78 is 5.48. The van der Waals surface area contributed by atoms with E-state index in [1.807, 2.05) is 29.2 Å². The highest BCUT2D eigenvalue weighted by atomic mass is 35.5. The van der Waals surface area contributed by atoms with Crippen molar-refractivity contribution in [1.82, 2.24) is 20.0 Å². The zero-order valence-electron chi connectivity index (χ0n) is 19.1. The van der Waals surface area contributed by atoms with Crippen molar-refractivity contribution in [2.75, 3.05) is 39.4 Å². The average Bonchev–Trinajstić information content (AvgIpc) is 3.38. The molecule has 1 atom stereocenters. The van der Waals surface area contributed by atoms with E-state index in [1.54, 1.807) is 0 Å². The Labute approximate surface area is 199 Å². The van der Waals surface area contributed by atoms with Crippen molar-refractivity contribution in [2.24, 2.45) is 0 Å². The number of hydrogen-bond acceptors (Lipinski definition) is 4. The van der Waals surface area contributed by atoms with E-state index in [1.165, 1.54) is 5.56 Å². The van der Waals surface area contributed by atoms with Crippen molar-refractivity contribution in [3.63, 3.8) is 0 Å². The van der Waals surface area contributed by atoms with E-state index in [2.05, 4.69) is 53.2 Å². The first-order valence-corrected chi connectivity index (χ1v) is 12.0. The molecule has 1 aromatic heterocycles. The van der Waals surface area contributed by atoms with Gasteiger partial charge in [0.15, 0.2) is 0 Å². The molecule has 0 radical (unpaired) electrons. The summed E-state index contributed by atoms with van der Waals surface area (Å²) in [5.41, 5.74) is 5.67. The van der Waals surface area contributed by atoms with Gasteiger partial charge in [-0.05, 0) is 29.2 Å². The van der Waals surface area contributed by atoms with Crippen molar-refractivity contribution < 1.29 is 9.53 Å². The Hall–Kier alpha value is -2.67. The number of rotatable bonds is 6. The van der Waals surface area contributed by atoms with Crippen LogP contribution in [0.2, 0.25) is 5.02 Å². The minimum absolute atomic E-state index is 0.00362. The fourth-order valence-electron chi connectivity index (χ4n) is 4.74. The third-order valence-corrected chi connectivity index (χ3v) is 6.91. The van der Waals surface area contributed by atoms with E-state index in [4.69, 9.17) is 16.3 Å². The Balaban J connectivity index is 1.52. The summed E-state index contributed by atoms with van der Waals surface area (Å²) in [6.07, 6.45) is 0. The Morgan fingerprint density at radius 3 is 2.42 bits per heavy atom. The minimum Gasteiger partial charge on any atom is -0.379 e. The van der Waals surface area contributed by atoms with Gasteiger partial charge in [0.05, 0.1) is 24.9 Å². The lowest BCUT2D eigenvalue weighted by atomic mass is 9.94. The van der Waals surface area contributed by atoms with Crippen LogP contribution in [0.4, 0.5) is 0 Å². The third-order valence-electron chi connectivity index (χ3n) is 6.66. The van der Waals surface area contributed by atoms with E-state index < -0.39 is 0 Å². The summed E-state index contributed by atoms with van der Waals surface area (Å²) in [7, 11) is 0. The Morgan fingerprint density at radius 1 is 1.06 bits per heavy atom. The fraction of sp³-hybridized carbons (Fsp3) is 0.385. The Bertz CT molecular complexity index is 1120. The molecule has 0 aliphatic carbocycles. The van der Waals surface area contributed by atoms with Crippen LogP contribution in [0.25, 0.3) is 11.3 Å². The first kappa shape index (κ1) is 22.1. The van der Waals surface area contributed by atoms with Crippen LogP contribution in [0.15, 0.2) is 48.5 Å². The van der Waals surface area contributed by atoms with Gasteiger partial charge in [-0.1, -0.05) is 61.8 Å². The molecule has 2 aromatic carbocycles. The third kappa shape index (κ3) is 4.31. The van der Waals surface area contributed by atoms with Crippen LogP contribution in [0.1, 0.15) is 53.0 Å². The molecule has 33 heavy (non-hydrogen) atoms.